The maximum atomic E-state index is 13.1. The van der Waals surface area contributed by atoms with Gasteiger partial charge in [-0.2, -0.15) is 0 Å². The number of aliphatic hydroxyl groups is 1. The largest absolute Gasteiger partial charge is 0.507 e. The van der Waals surface area contributed by atoms with E-state index in [1.165, 1.54) is 5.56 Å². The number of Topliss-reactive ketones (excluding diaryl/α,β-unsaturated/α-hetero) is 1. The zero-order valence-corrected chi connectivity index (χ0v) is 19.9. The third kappa shape index (κ3) is 4.89. The molecular weight excluding hydrogens is 424 g/mol. The summed E-state index contributed by atoms with van der Waals surface area (Å²) >= 11 is 5.98. The molecule has 2 aromatic rings. The summed E-state index contributed by atoms with van der Waals surface area (Å²) in [5.74, 6) is -1.05. The lowest BCUT2D eigenvalue weighted by Gasteiger charge is -2.28. The predicted octanol–water partition coefficient (Wildman–Crippen LogP) is 5.23. The van der Waals surface area contributed by atoms with Crippen LogP contribution in [0.25, 0.3) is 5.76 Å². The van der Waals surface area contributed by atoms with E-state index in [1.807, 2.05) is 24.3 Å². The molecule has 1 aliphatic heterocycles. The molecule has 0 radical (unpaired) electrons. The van der Waals surface area contributed by atoms with E-state index in [0.717, 1.165) is 18.7 Å². The standard InChI is InChI=1S/C26H31ClN2O3/c1-5-28(6-2)15-16-29-23(19-9-7-18(8-10-19)17(3)4)22(25(31)26(29)32)24(30)20-11-13-21(27)14-12-20/h7-14,17,23,30H,5-6,15-16H2,1-4H3/t23-/m0/s1. The zero-order chi connectivity index (χ0) is 23.4. The molecule has 32 heavy (non-hydrogen) atoms. The molecule has 5 nitrogen and oxygen atoms in total. The molecule has 3 rings (SSSR count). The Bertz CT molecular complexity index is 993. The molecule has 1 saturated heterocycles. The highest BCUT2D eigenvalue weighted by molar-refractivity contribution is 6.46. The Labute approximate surface area is 195 Å². The van der Waals surface area contributed by atoms with Crippen LogP contribution in [0.2, 0.25) is 5.02 Å². The number of benzene rings is 2. The van der Waals surface area contributed by atoms with Gasteiger partial charge in [-0.1, -0.05) is 63.6 Å². The smallest absolute Gasteiger partial charge is 0.295 e. The molecule has 6 heteroatoms. The van der Waals surface area contributed by atoms with Crippen molar-refractivity contribution >= 4 is 29.1 Å². The van der Waals surface area contributed by atoms with E-state index < -0.39 is 17.7 Å². The van der Waals surface area contributed by atoms with Crippen molar-refractivity contribution in [2.75, 3.05) is 26.2 Å². The molecule has 1 N–H and O–H groups in total. The molecule has 0 saturated carbocycles. The van der Waals surface area contributed by atoms with Crippen molar-refractivity contribution in [3.63, 3.8) is 0 Å². The van der Waals surface area contributed by atoms with Crippen molar-refractivity contribution in [1.82, 2.24) is 9.80 Å². The van der Waals surface area contributed by atoms with Crippen LogP contribution in [0.4, 0.5) is 0 Å². The number of halogens is 1. The summed E-state index contributed by atoms with van der Waals surface area (Å²) < 4.78 is 0. The lowest BCUT2D eigenvalue weighted by molar-refractivity contribution is -0.140. The molecule has 1 atom stereocenters. The quantitative estimate of drug-likeness (QED) is 0.337. The minimum atomic E-state index is -0.657. The van der Waals surface area contributed by atoms with Crippen LogP contribution < -0.4 is 0 Å². The zero-order valence-electron chi connectivity index (χ0n) is 19.1. The van der Waals surface area contributed by atoms with Crippen molar-refractivity contribution in [3.8, 4) is 0 Å². The van der Waals surface area contributed by atoms with Crippen LogP contribution in [0.5, 0.6) is 0 Å². The lowest BCUT2D eigenvalue weighted by Crippen LogP contribution is -2.38. The molecule has 0 aromatic heterocycles. The van der Waals surface area contributed by atoms with Gasteiger partial charge in [0.1, 0.15) is 5.76 Å². The average molecular weight is 455 g/mol. The Kier molecular flexibility index (Phi) is 7.75. The summed E-state index contributed by atoms with van der Waals surface area (Å²) in [5, 5.41) is 11.6. The summed E-state index contributed by atoms with van der Waals surface area (Å²) in [6.07, 6.45) is 0. The molecule has 1 amide bonds. The van der Waals surface area contributed by atoms with Gasteiger partial charge < -0.3 is 14.9 Å². The first kappa shape index (κ1) is 24.0. The second kappa shape index (κ2) is 10.3. The molecular formula is C26H31ClN2O3. The Morgan fingerprint density at radius 3 is 2.16 bits per heavy atom. The topological polar surface area (TPSA) is 60.9 Å². The van der Waals surface area contributed by atoms with Crippen LogP contribution in [0, 0.1) is 0 Å². The van der Waals surface area contributed by atoms with Gasteiger partial charge in [0.15, 0.2) is 0 Å². The van der Waals surface area contributed by atoms with Crippen LogP contribution in [-0.2, 0) is 9.59 Å². The molecule has 0 aliphatic carbocycles. The van der Waals surface area contributed by atoms with E-state index in [9.17, 15) is 14.7 Å². The molecule has 0 spiro atoms. The number of rotatable bonds is 8. The number of amides is 1. The fraction of sp³-hybridized carbons (Fsp3) is 0.385. The van der Waals surface area contributed by atoms with E-state index in [1.54, 1.807) is 29.2 Å². The maximum Gasteiger partial charge on any atom is 0.295 e. The average Bonchev–Trinajstić information content (AvgIpc) is 3.04. The van der Waals surface area contributed by atoms with Crippen molar-refractivity contribution in [2.45, 2.75) is 39.7 Å². The van der Waals surface area contributed by atoms with E-state index in [4.69, 9.17) is 11.6 Å². The van der Waals surface area contributed by atoms with Gasteiger partial charge in [0, 0.05) is 23.7 Å². The first-order valence-electron chi connectivity index (χ1n) is 11.1. The summed E-state index contributed by atoms with van der Waals surface area (Å²) in [5.41, 5.74) is 2.56. The second-order valence-electron chi connectivity index (χ2n) is 8.35. The van der Waals surface area contributed by atoms with E-state index >= 15 is 0 Å². The molecule has 170 valence electrons. The van der Waals surface area contributed by atoms with E-state index in [0.29, 0.717) is 29.6 Å². The van der Waals surface area contributed by atoms with Gasteiger partial charge in [-0.25, -0.2) is 0 Å². The summed E-state index contributed by atoms with van der Waals surface area (Å²) in [4.78, 5) is 29.9. The predicted molar refractivity (Wildman–Crippen MR) is 129 cm³/mol. The summed E-state index contributed by atoms with van der Waals surface area (Å²) in [6.45, 7) is 11.2. The summed E-state index contributed by atoms with van der Waals surface area (Å²) in [7, 11) is 0. The number of ketones is 1. The monoisotopic (exact) mass is 454 g/mol. The van der Waals surface area contributed by atoms with Crippen LogP contribution >= 0.6 is 11.6 Å². The van der Waals surface area contributed by atoms with Gasteiger partial charge in [0.05, 0.1) is 11.6 Å². The van der Waals surface area contributed by atoms with Gasteiger partial charge in [-0.3, -0.25) is 9.59 Å². The third-order valence-electron chi connectivity index (χ3n) is 6.13. The fourth-order valence-electron chi connectivity index (χ4n) is 4.07. The highest BCUT2D eigenvalue weighted by atomic mass is 35.5. The highest BCUT2D eigenvalue weighted by Gasteiger charge is 2.45. The number of likely N-dealkylation sites (tertiary alicyclic amines) is 1. The van der Waals surface area contributed by atoms with Gasteiger partial charge in [0.25, 0.3) is 11.7 Å². The third-order valence-corrected chi connectivity index (χ3v) is 6.38. The fourth-order valence-corrected chi connectivity index (χ4v) is 4.20. The SMILES string of the molecule is CCN(CC)CCN1C(=O)C(=O)C(=C(O)c2ccc(Cl)cc2)[C@@H]1c1ccc(C(C)C)cc1. The van der Waals surface area contributed by atoms with Crippen LogP contribution in [0.1, 0.15) is 56.3 Å². The van der Waals surface area contributed by atoms with Crippen molar-refractivity contribution in [2.24, 2.45) is 0 Å². The number of carbonyl (C=O) groups is 2. The lowest BCUT2D eigenvalue weighted by atomic mass is 9.93. The van der Waals surface area contributed by atoms with Crippen molar-refractivity contribution in [3.05, 3.63) is 75.8 Å². The number of likely N-dealkylation sites (N-methyl/N-ethyl adjacent to an activating group) is 1. The summed E-state index contributed by atoms with van der Waals surface area (Å²) in [6, 6.07) is 13.9. The van der Waals surface area contributed by atoms with Gasteiger partial charge in [-0.05, 0) is 54.4 Å². The van der Waals surface area contributed by atoms with E-state index in [2.05, 4.69) is 32.6 Å². The van der Waals surface area contributed by atoms with Crippen LogP contribution in [-0.4, -0.2) is 52.8 Å². The minimum Gasteiger partial charge on any atom is -0.507 e. The normalized spacial score (nSPS) is 18.2. The second-order valence-corrected chi connectivity index (χ2v) is 8.78. The van der Waals surface area contributed by atoms with Crippen molar-refractivity contribution in [1.29, 1.82) is 0 Å². The first-order valence-corrected chi connectivity index (χ1v) is 11.5. The number of carbonyl (C=O) groups excluding carboxylic acids is 2. The Morgan fingerprint density at radius 1 is 1.03 bits per heavy atom. The highest BCUT2D eigenvalue weighted by Crippen LogP contribution is 2.39. The number of aliphatic hydroxyl groups excluding tert-OH is 1. The van der Waals surface area contributed by atoms with Crippen molar-refractivity contribution < 1.29 is 14.7 Å². The van der Waals surface area contributed by atoms with Crippen LogP contribution in [0.3, 0.4) is 0 Å². The Balaban J connectivity index is 2.09. The van der Waals surface area contributed by atoms with Crippen LogP contribution in [0.15, 0.2) is 54.1 Å². The Hall–Kier alpha value is -2.63. The number of hydrogen-bond donors (Lipinski definition) is 1. The first-order chi connectivity index (χ1) is 15.3. The maximum absolute atomic E-state index is 13.1. The Morgan fingerprint density at radius 2 is 1.62 bits per heavy atom. The minimum absolute atomic E-state index is 0.120. The molecule has 1 aliphatic rings. The van der Waals surface area contributed by atoms with Gasteiger partial charge >= 0.3 is 0 Å². The molecule has 2 aromatic carbocycles. The number of hydrogen-bond acceptors (Lipinski definition) is 4. The molecule has 0 unspecified atom stereocenters. The molecule has 1 fully saturated rings. The van der Waals surface area contributed by atoms with Gasteiger partial charge in [-0.15, -0.1) is 0 Å². The van der Waals surface area contributed by atoms with Gasteiger partial charge in [0.2, 0.25) is 0 Å². The molecule has 0 bridgehead atoms. The van der Waals surface area contributed by atoms with E-state index in [-0.39, 0.29) is 11.3 Å². The number of nitrogens with zero attached hydrogens (tertiary/aromatic N) is 2. The molecule has 1 heterocycles.